The number of amides is 4. The van der Waals surface area contributed by atoms with Crippen molar-refractivity contribution < 1.29 is 36.7 Å². The summed E-state index contributed by atoms with van der Waals surface area (Å²) in [7, 11) is -4.66. The van der Waals surface area contributed by atoms with Gasteiger partial charge in [-0.25, -0.2) is 22.3 Å². The zero-order chi connectivity index (χ0) is 28.4. The Morgan fingerprint density at radius 2 is 1.95 bits per heavy atom. The third-order valence-corrected chi connectivity index (χ3v) is 8.83. The van der Waals surface area contributed by atoms with Gasteiger partial charge in [-0.15, -0.1) is 0 Å². The van der Waals surface area contributed by atoms with E-state index in [1.54, 1.807) is 6.08 Å². The maximum absolute atomic E-state index is 14.3. The van der Waals surface area contributed by atoms with Crippen LogP contribution in [0.2, 0.25) is 5.02 Å². The molecule has 39 heavy (non-hydrogen) atoms. The smallest absolute Gasteiger partial charge is 0.405 e. The molecule has 3 aliphatic rings. The average Bonchev–Trinajstić information content (AvgIpc) is 3.33. The number of carbonyl (C=O) groups excluding carboxylic acids is 4. The lowest BCUT2D eigenvalue weighted by molar-refractivity contribution is -0.146. The molecular weight excluding hydrogens is 555 g/mol. The van der Waals surface area contributed by atoms with E-state index in [-0.39, 0.29) is 24.4 Å². The van der Waals surface area contributed by atoms with Crippen LogP contribution in [0.4, 0.5) is 9.18 Å². The van der Waals surface area contributed by atoms with Gasteiger partial charge in [-0.05, 0) is 63.1 Å². The quantitative estimate of drug-likeness (QED) is 0.456. The van der Waals surface area contributed by atoms with Crippen LogP contribution in [0.3, 0.4) is 0 Å². The Morgan fingerprint density at radius 3 is 2.69 bits per heavy atom. The van der Waals surface area contributed by atoms with Gasteiger partial charge in [0.15, 0.2) is 6.10 Å². The number of carbonyl (C=O) groups is 4. The second kappa shape index (κ2) is 11.5. The fourth-order valence-corrected chi connectivity index (χ4v) is 6.51. The summed E-state index contributed by atoms with van der Waals surface area (Å²) in [6.07, 6.45) is 5.24. The van der Waals surface area contributed by atoms with E-state index in [1.807, 2.05) is 10.8 Å². The number of allylic oxidation sites excluding steroid dienone is 1. The number of fused-ring (bicyclic) bond motifs is 2. The number of nitrogens with two attached hydrogens (primary N) is 1. The van der Waals surface area contributed by atoms with Crippen LogP contribution in [0.1, 0.15) is 51.4 Å². The van der Waals surface area contributed by atoms with Gasteiger partial charge < -0.3 is 20.7 Å². The summed E-state index contributed by atoms with van der Waals surface area (Å²) in [6, 6.07) is 1.97. The number of halogens is 2. The molecule has 1 aromatic carbocycles. The fraction of sp³-hybridized carbons (Fsp3) is 0.520. The highest BCUT2D eigenvalue weighted by Gasteiger charge is 2.61. The van der Waals surface area contributed by atoms with Crippen molar-refractivity contribution in [2.45, 2.75) is 73.9 Å². The Kier molecular flexibility index (Phi) is 8.50. The SMILES string of the molecule is NC(=O)OC1CCCCCC=CC2CC2(C(=O)NS(=O)(=O)c2cc(Cl)ccc2F)NC(=O)C2CCCN2C1=O. The second-order valence-corrected chi connectivity index (χ2v) is 12.0. The van der Waals surface area contributed by atoms with Crippen molar-refractivity contribution in [2.24, 2.45) is 11.7 Å². The molecule has 2 aliphatic heterocycles. The zero-order valence-electron chi connectivity index (χ0n) is 21.0. The maximum atomic E-state index is 14.3. The molecule has 1 aliphatic carbocycles. The van der Waals surface area contributed by atoms with Gasteiger partial charge in [0.05, 0.1) is 0 Å². The first-order chi connectivity index (χ1) is 18.4. The lowest BCUT2D eigenvalue weighted by Crippen LogP contribution is -2.57. The predicted molar refractivity (Wildman–Crippen MR) is 137 cm³/mol. The maximum Gasteiger partial charge on any atom is 0.405 e. The number of hydrogen-bond donors (Lipinski definition) is 3. The number of nitrogens with zero attached hydrogens (tertiary/aromatic N) is 1. The summed E-state index contributed by atoms with van der Waals surface area (Å²) in [6.45, 7) is 0.237. The molecule has 2 heterocycles. The van der Waals surface area contributed by atoms with Gasteiger partial charge in [-0.2, -0.15) is 0 Å². The van der Waals surface area contributed by atoms with Crippen LogP contribution in [0.5, 0.6) is 0 Å². The number of nitrogens with one attached hydrogen (secondary N) is 2. The van der Waals surface area contributed by atoms with Crippen LogP contribution in [-0.2, 0) is 29.1 Å². The minimum absolute atomic E-state index is 0.0403. The molecule has 212 valence electrons. The number of ether oxygens (including phenoxy) is 1. The molecule has 1 saturated heterocycles. The van der Waals surface area contributed by atoms with E-state index in [9.17, 15) is 32.0 Å². The van der Waals surface area contributed by atoms with Gasteiger partial charge in [0.25, 0.3) is 21.8 Å². The van der Waals surface area contributed by atoms with Crippen LogP contribution in [0.15, 0.2) is 35.2 Å². The summed E-state index contributed by atoms with van der Waals surface area (Å²) in [5.41, 5.74) is 3.56. The zero-order valence-corrected chi connectivity index (χ0v) is 22.6. The van der Waals surface area contributed by atoms with Gasteiger partial charge in [0.1, 0.15) is 22.3 Å². The molecule has 4 atom stereocenters. The van der Waals surface area contributed by atoms with Crippen molar-refractivity contribution in [1.29, 1.82) is 0 Å². The summed E-state index contributed by atoms with van der Waals surface area (Å²) in [4.78, 5) is 52.0. The van der Waals surface area contributed by atoms with Gasteiger partial charge >= 0.3 is 6.09 Å². The first kappa shape index (κ1) is 28.8. The molecular formula is C25H30ClFN4O7S. The highest BCUT2D eigenvalue weighted by molar-refractivity contribution is 7.90. The number of sulfonamides is 1. The summed E-state index contributed by atoms with van der Waals surface area (Å²) < 4.78 is 47.0. The molecule has 2 fully saturated rings. The molecule has 4 rings (SSSR count). The van der Waals surface area contributed by atoms with Gasteiger partial charge in [0.2, 0.25) is 5.91 Å². The van der Waals surface area contributed by atoms with E-state index >= 15 is 0 Å². The number of primary amides is 1. The molecule has 0 radical (unpaired) electrons. The predicted octanol–water partition coefficient (Wildman–Crippen LogP) is 2.13. The first-order valence-corrected chi connectivity index (χ1v) is 14.6. The van der Waals surface area contributed by atoms with Crippen LogP contribution in [0.25, 0.3) is 0 Å². The molecule has 1 saturated carbocycles. The minimum atomic E-state index is -4.66. The van der Waals surface area contributed by atoms with Crippen molar-refractivity contribution in [1.82, 2.24) is 14.9 Å². The van der Waals surface area contributed by atoms with E-state index in [1.165, 1.54) is 11.0 Å². The highest BCUT2D eigenvalue weighted by atomic mass is 35.5. The Morgan fingerprint density at radius 1 is 1.18 bits per heavy atom. The fourth-order valence-electron chi connectivity index (χ4n) is 5.13. The van der Waals surface area contributed by atoms with Crippen molar-refractivity contribution in [3.63, 3.8) is 0 Å². The summed E-state index contributed by atoms with van der Waals surface area (Å²) in [5, 5.41) is 2.63. The number of hydrogen-bond acceptors (Lipinski definition) is 7. The highest BCUT2D eigenvalue weighted by Crippen LogP contribution is 2.46. The third kappa shape index (κ3) is 6.35. The van der Waals surface area contributed by atoms with Gasteiger partial charge in [0, 0.05) is 17.5 Å². The lowest BCUT2D eigenvalue weighted by Gasteiger charge is -2.29. The molecule has 1 aromatic rings. The van der Waals surface area contributed by atoms with Crippen molar-refractivity contribution in [2.75, 3.05) is 6.54 Å². The van der Waals surface area contributed by atoms with Crippen molar-refractivity contribution >= 4 is 45.4 Å². The molecule has 0 spiro atoms. The topological polar surface area (TPSA) is 165 Å². The Balaban J connectivity index is 1.60. The van der Waals surface area contributed by atoms with Crippen molar-refractivity contribution in [3.05, 3.63) is 41.2 Å². The van der Waals surface area contributed by atoms with Crippen LogP contribution in [0, 0.1) is 11.7 Å². The molecule has 4 amide bonds. The first-order valence-electron chi connectivity index (χ1n) is 12.7. The largest absolute Gasteiger partial charge is 0.436 e. The second-order valence-electron chi connectivity index (χ2n) is 9.96. The molecule has 0 aromatic heterocycles. The van der Waals surface area contributed by atoms with Crippen molar-refractivity contribution in [3.8, 4) is 0 Å². The number of rotatable bonds is 4. The van der Waals surface area contributed by atoms with E-state index in [4.69, 9.17) is 22.1 Å². The average molecular weight is 585 g/mol. The number of benzene rings is 1. The summed E-state index contributed by atoms with van der Waals surface area (Å²) in [5.74, 6) is -3.83. The molecule has 11 nitrogen and oxygen atoms in total. The Hall–Kier alpha value is -3.19. The van der Waals surface area contributed by atoms with E-state index in [0.29, 0.717) is 25.7 Å². The van der Waals surface area contributed by atoms with Gasteiger partial charge in [-0.3, -0.25) is 14.4 Å². The van der Waals surface area contributed by atoms with Crippen LogP contribution < -0.4 is 15.8 Å². The van der Waals surface area contributed by atoms with Crippen LogP contribution >= 0.6 is 11.6 Å². The normalized spacial score (nSPS) is 27.8. The molecule has 4 unspecified atom stereocenters. The summed E-state index contributed by atoms with van der Waals surface area (Å²) >= 11 is 5.83. The third-order valence-electron chi connectivity index (χ3n) is 7.25. The molecule has 14 heteroatoms. The van der Waals surface area contributed by atoms with E-state index in [0.717, 1.165) is 25.0 Å². The standard InChI is InChI=1S/C25H30ClFN4O7S/c26-16-10-11-17(27)20(13-16)39(36,37)30-23(34)25-14-15(25)7-4-2-1-3-5-9-19(38-24(28)35)22(33)31-12-6-8-18(31)21(32)29-25/h4,7,10-11,13,15,18-19H,1-3,5-6,8-9,12,14H2,(H2,28,35)(H,29,32)(H,30,34). The Bertz CT molecular complexity index is 1310. The Labute approximate surface area is 230 Å². The van der Waals surface area contributed by atoms with Crippen LogP contribution in [-0.4, -0.2) is 61.4 Å². The lowest BCUT2D eigenvalue weighted by atomic mass is 10.1. The van der Waals surface area contributed by atoms with E-state index in [2.05, 4.69) is 5.32 Å². The van der Waals surface area contributed by atoms with E-state index < -0.39 is 68.2 Å². The minimum Gasteiger partial charge on any atom is -0.436 e. The monoisotopic (exact) mass is 584 g/mol. The molecule has 4 N–H and O–H groups in total. The molecule has 0 bridgehead atoms. The van der Waals surface area contributed by atoms with Gasteiger partial charge in [-0.1, -0.05) is 30.2 Å².